The van der Waals surface area contributed by atoms with Crippen LogP contribution in [0.15, 0.2) is 54.6 Å². The lowest BCUT2D eigenvalue weighted by Crippen LogP contribution is -2.25. The monoisotopic (exact) mass is 399 g/mol. The molecule has 0 atom stereocenters. The molecule has 0 aliphatic carbocycles. The summed E-state index contributed by atoms with van der Waals surface area (Å²) in [6.07, 6.45) is 2.05. The number of unbranched alkanes of at least 4 members (excludes halogenated alkanes) is 1. The van der Waals surface area contributed by atoms with Crippen molar-refractivity contribution in [3.63, 3.8) is 0 Å². The number of nitrogens with zero attached hydrogens (tertiary/aromatic N) is 1. The number of hydrogen-bond acceptors (Lipinski definition) is 4. The van der Waals surface area contributed by atoms with Gasteiger partial charge in [0, 0.05) is 23.5 Å². The van der Waals surface area contributed by atoms with Crippen molar-refractivity contribution < 1.29 is 9.59 Å². The Morgan fingerprint density at radius 3 is 2.36 bits per heavy atom. The average molecular weight is 400 g/mol. The first kappa shape index (κ1) is 22.0. The highest BCUT2D eigenvalue weighted by Crippen LogP contribution is 2.14. The van der Waals surface area contributed by atoms with Crippen LogP contribution < -0.4 is 10.6 Å². The molecule has 150 valence electrons. The van der Waals surface area contributed by atoms with Crippen molar-refractivity contribution >= 4 is 29.3 Å². The summed E-state index contributed by atoms with van der Waals surface area (Å²) < 4.78 is 0. The van der Waals surface area contributed by atoms with E-state index in [9.17, 15) is 9.59 Å². The van der Waals surface area contributed by atoms with Gasteiger partial charge in [0.25, 0.3) is 5.91 Å². The van der Waals surface area contributed by atoms with Gasteiger partial charge < -0.3 is 15.5 Å². The zero-order chi connectivity index (χ0) is 20.2. The van der Waals surface area contributed by atoms with Crippen LogP contribution in [0, 0.1) is 0 Å². The van der Waals surface area contributed by atoms with E-state index in [-0.39, 0.29) is 11.8 Å². The first-order valence-corrected chi connectivity index (χ1v) is 10.6. The van der Waals surface area contributed by atoms with Crippen molar-refractivity contribution in [2.45, 2.75) is 18.6 Å². The second-order valence-electron chi connectivity index (χ2n) is 6.87. The minimum atomic E-state index is -0.0358. The van der Waals surface area contributed by atoms with Crippen molar-refractivity contribution in [2.75, 3.05) is 38.3 Å². The SMILES string of the molecule is CN(C)CCCCNC(=O)c1ccc(CSCC(=O)Nc2ccccc2)cc1. The summed E-state index contributed by atoms with van der Waals surface area (Å²) in [6, 6.07) is 17.0. The van der Waals surface area contributed by atoms with Gasteiger partial charge in [0.1, 0.15) is 0 Å². The molecule has 2 aromatic rings. The molecule has 0 heterocycles. The van der Waals surface area contributed by atoms with E-state index in [4.69, 9.17) is 0 Å². The highest BCUT2D eigenvalue weighted by atomic mass is 32.2. The molecule has 0 bridgehead atoms. The largest absolute Gasteiger partial charge is 0.352 e. The molecule has 0 radical (unpaired) electrons. The Balaban J connectivity index is 1.66. The Morgan fingerprint density at radius 2 is 1.68 bits per heavy atom. The smallest absolute Gasteiger partial charge is 0.251 e. The number of amides is 2. The van der Waals surface area contributed by atoms with Gasteiger partial charge >= 0.3 is 0 Å². The van der Waals surface area contributed by atoms with Crippen molar-refractivity contribution in [3.8, 4) is 0 Å². The van der Waals surface area contributed by atoms with E-state index in [0.717, 1.165) is 36.4 Å². The van der Waals surface area contributed by atoms with Gasteiger partial charge in [-0.25, -0.2) is 0 Å². The minimum Gasteiger partial charge on any atom is -0.352 e. The van der Waals surface area contributed by atoms with Crippen molar-refractivity contribution in [2.24, 2.45) is 0 Å². The van der Waals surface area contributed by atoms with Gasteiger partial charge in [0.05, 0.1) is 5.75 Å². The van der Waals surface area contributed by atoms with Crippen LogP contribution in [0.4, 0.5) is 5.69 Å². The van der Waals surface area contributed by atoms with E-state index in [0.29, 0.717) is 17.9 Å². The molecular formula is C22H29N3O2S. The summed E-state index contributed by atoms with van der Waals surface area (Å²) in [7, 11) is 4.10. The third-order valence-electron chi connectivity index (χ3n) is 4.09. The third kappa shape index (κ3) is 8.59. The minimum absolute atomic E-state index is 0.0125. The Kier molecular flexibility index (Phi) is 9.59. The van der Waals surface area contributed by atoms with E-state index in [1.807, 2.05) is 68.7 Å². The average Bonchev–Trinajstić information content (AvgIpc) is 2.68. The van der Waals surface area contributed by atoms with Crippen LogP contribution in [-0.4, -0.2) is 49.7 Å². The maximum absolute atomic E-state index is 12.2. The summed E-state index contributed by atoms with van der Waals surface area (Å²) >= 11 is 1.55. The Morgan fingerprint density at radius 1 is 0.964 bits per heavy atom. The molecule has 0 unspecified atom stereocenters. The number of carbonyl (C=O) groups excluding carboxylic acids is 2. The second kappa shape index (κ2) is 12.2. The Hall–Kier alpha value is -2.31. The number of para-hydroxylation sites is 1. The zero-order valence-electron chi connectivity index (χ0n) is 16.6. The number of anilines is 1. The van der Waals surface area contributed by atoms with E-state index in [1.54, 1.807) is 11.8 Å². The fraction of sp³-hybridized carbons (Fsp3) is 0.364. The van der Waals surface area contributed by atoms with E-state index in [2.05, 4.69) is 15.5 Å². The van der Waals surface area contributed by atoms with E-state index < -0.39 is 0 Å². The fourth-order valence-electron chi connectivity index (χ4n) is 2.59. The molecule has 0 aliphatic rings. The van der Waals surface area contributed by atoms with Gasteiger partial charge in [-0.15, -0.1) is 11.8 Å². The molecule has 6 heteroatoms. The molecule has 28 heavy (non-hydrogen) atoms. The molecule has 0 saturated heterocycles. The van der Waals surface area contributed by atoms with Gasteiger partial charge in [0.2, 0.25) is 5.91 Å². The molecule has 5 nitrogen and oxygen atoms in total. The number of rotatable bonds is 11. The summed E-state index contributed by atoms with van der Waals surface area (Å²) in [4.78, 5) is 26.2. The number of nitrogens with one attached hydrogen (secondary N) is 2. The van der Waals surface area contributed by atoms with Crippen molar-refractivity contribution in [1.82, 2.24) is 10.2 Å². The third-order valence-corrected chi connectivity index (χ3v) is 5.10. The van der Waals surface area contributed by atoms with Crippen LogP contribution in [-0.2, 0) is 10.5 Å². The van der Waals surface area contributed by atoms with Crippen LogP contribution in [0.3, 0.4) is 0 Å². The highest BCUT2D eigenvalue weighted by molar-refractivity contribution is 7.99. The maximum atomic E-state index is 12.2. The molecule has 2 aromatic carbocycles. The number of hydrogen-bond donors (Lipinski definition) is 2. The molecular weight excluding hydrogens is 370 g/mol. The molecule has 0 fully saturated rings. The molecule has 2 amide bonds. The van der Waals surface area contributed by atoms with Crippen LogP contribution in [0.2, 0.25) is 0 Å². The molecule has 0 saturated carbocycles. The lowest BCUT2D eigenvalue weighted by molar-refractivity contribution is -0.113. The van der Waals surface area contributed by atoms with Gasteiger partial charge in [-0.3, -0.25) is 9.59 Å². The number of benzene rings is 2. The van der Waals surface area contributed by atoms with Crippen LogP contribution in [0.5, 0.6) is 0 Å². The van der Waals surface area contributed by atoms with Crippen molar-refractivity contribution in [3.05, 3.63) is 65.7 Å². The zero-order valence-corrected chi connectivity index (χ0v) is 17.4. The summed E-state index contributed by atoms with van der Waals surface area (Å²) in [5.41, 5.74) is 2.58. The van der Waals surface area contributed by atoms with Crippen LogP contribution in [0.1, 0.15) is 28.8 Å². The van der Waals surface area contributed by atoms with Crippen LogP contribution in [0.25, 0.3) is 0 Å². The fourth-order valence-corrected chi connectivity index (χ4v) is 3.38. The quantitative estimate of drug-likeness (QED) is 0.567. The number of thioether (sulfide) groups is 1. The van der Waals surface area contributed by atoms with Gasteiger partial charge in [-0.1, -0.05) is 30.3 Å². The highest BCUT2D eigenvalue weighted by Gasteiger charge is 2.06. The topological polar surface area (TPSA) is 61.4 Å². The van der Waals surface area contributed by atoms with E-state index >= 15 is 0 Å². The summed E-state index contributed by atoms with van der Waals surface area (Å²) in [6.45, 7) is 1.73. The van der Waals surface area contributed by atoms with Crippen molar-refractivity contribution in [1.29, 1.82) is 0 Å². The molecule has 0 aliphatic heterocycles. The van der Waals surface area contributed by atoms with Crippen LogP contribution >= 0.6 is 11.8 Å². The first-order chi connectivity index (χ1) is 13.5. The second-order valence-corrected chi connectivity index (χ2v) is 7.86. The lowest BCUT2D eigenvalue weighted by Gasteiger charge is -2.09. The normalized spacial score (nSPS) is 10.7. The maximum Gasteiger partial charge on any atom is 0.251 e. The molecule has 0 spiro atoms. The predicted molar refractivity (Wildman–Crippen MR) is 118 cm³/mol. The van der Waals surface area contributed by atoms with Gasteiger partial charge in [0.15, 0.2) is 0 Å². The number of carbonyl (C=O) groups is 2. The first-order valence-electron chi connectivity index (χ1n) is 9.49. The molecule has 2 N–H and O–H groups in total. The Bertz CT molecular complexity index is 733. The lowest BCUT2D eigenvalue weighted by atomic mass is 10.1. The Labute approximate surface area is 171 Å². The van der Waals surface area contributed by atoms with E-state index in [1.165, 1.54) is 0 Å². The summed E-state index contributed by atoms with van der Waals surface area (Å²) in [5, 5.41) is 5.83. The molecule has 0 aromatic heterocycles. The summed E-state index contributed by atoms with van der Waals surface area (Å²) in [5.74, 6) is 1.08. The van der Waals surface area contributed by atoms with Gasteiger partial charge in [-0.2, -0.15) is 0 Å². The van der Waals surface area contributed by atoms with Gasteiger partial charge in [-0.05, 0) is 63.3 Å². The molecule has 2 rings (SSSR count). The standard InChI is InChI=1S/C22H29N3O2S/c1-25(2)15-7-6-14-23-22(27)19-12-10-18(11-13-19)16-28-17-21(26)24-20-8-4-3-5-9-20/h3-5,8-13H,6-7,14-17H2,1-2H3,(H,23,27)(H,24,26). The predicted octanol–water partition coefficient (Wildman–Crippen LogP) is 3.63.